The quantitative estimate of drug-likeness (QED) is 0.406. The summed E-state index contributed by atoms with van der Waals surface area (Å²) in [5.74, 6) is -0.367. The lowest BCUT2D eigenvalue weighted by atomic mass is 9.93. The lowest BCUT2D eigenvalue weighted by Crippen LogP contribution is -2.28. The van der Waals surface area contributed by atoms with Crippen LogP contribution in [0.25, 0.3) is 22.8 Å². The van der Waals surface area contributed by atoms with Gasteiger partial charge in [-0.1, -0.05) is 72.8 Å². The van der Waals surface area contributed by atoms with Gasteiger partial charge in [0.2, 0.25) is 0 Å². The van der Waals surface area contributed by atoms with Gasteiger partial charge in [0.1, 0.15) is 0 Å². The first-order valence-corrected chi connectivity index (χ1v) is 10.1. The third-order valence-electron chi connectivity index (χ3n) is 4.70. The Bertz CT molecular complexity index is 1210. The Hall–Kier alpha value is -3.06. The Balaban J connectivity index is 1.79. The summed E-state index contributed by atoms with van der Waals surface area (Å²) in [6.45, 7) is 0. The van der Waals surface area contributed by atoms with Crippen LogP contribution >= 0.6 is 0 Å². The van der Waals surface area contributed by atoms with Crippen molar-refractivity contribution in [3.8, 4) is 16.9 Å². The van der Waals surface area contributed by atoms with Crippen LogP contribution in [0.1, 0.15) is 16.7 Å². The van der Waals surface area contributed by atoms with E-state index in [2.05, 4.69) is 4.18 Å². The summed E-state index contributed by atoms with van der Waals surface area (Å²) in [7, 11) is -5.77. The molecule has 3 aromatic rings. The number of hydrogen-bond donors (Lipinski definition) is 0. The molecule has 0 aromatic heterocycles. The second kappa shape index (κ2) is 7.08. The molecule has 0 saturated carbocycles. The highest BCUT2D eigenvalue weighted by atomic mass is 32.2. The Labute approximate surface area is 166 Å². The van der Waals surface area contributed by atoms with E-state index in [1.165, 1.54) is 12.1 Å². The molecule has 4 rings (SSSR count). The van der Waals surface area contributed by atoms with Crippen molar-refractivity contribution < 1.29 is 25.8 Å². The largest absolute Gasteiger partial charge is 0.534 e. The number of allylic oxidation sites excluding steroid dienone is 1. The van der Waals surface area contributed by atoms with E-state index >= 15 is 0 Å². The smallest absolute Gasteiger partial charge is 0.375 e. The number of para-hydroxylation sites is 1. The van der Waals surface area contributed by atoms with Gasteiger partial charge >= 0.3 is 15.6 Å². The summed E-state index contributed by atoms with van der Waals surface area (Å²) in [4.78, 5) is 0. The highest BCUT2D eigenvalue weighted by molar-refractivity contribution is 7.88. The summed E-state index contributed by atoms with van der Waals surface area (Å²) < 4.78 is 66.0. The molecule has 0 N–H and O–H groups in total. The Kier molecular flexibility index (Phi) is 4.70. The monoisotopic (exact) mass is 416 g/mol. The average Bonchev–Trinajstić information content (AvgIpc) is 3.11. The lowest BCUT2D eigenvalue weighted by molar-refractivity contribution is -0.0499. The van der Waals surface area contributed by atoms with Crippen LogP contribution in [-0.2, 0) is 16.5 Å². The summed E-state index contributed by atoms with van der Waals surface area (Å²) >= 11 is 0. The minimum Gasteiger partial charge on any atom is -0.375 e. The maximum absolute atomic E-state index is 12.8. The van der Waals surface area contributed by atoms with Crippen LogP contribution in [-0.4, -0.2) is 13.9 Å². The number of halogens is 3. The van der Waals surface area contributed by atoms with Gasteiger partial charge in [0, 0.05) is 5.56 Å². The van der Waals surface area contributed by atoms with E-state index in [0.717, 1.165) is 22.3 Å². The third-order valence-corrected chi connectivity index (χ3v) is 5.66. The topological polar surface area (TPSA) is 43.4 Å². The number of rotatable bonds is 4. The van der Waals surface area contributed by atoms with Crippen molar-refractivity contribution in [2.45, 2.75) is 11.9 Å². The molecule has 0 amide bonds. The molecule has 0 heterocycles. The van der Waals surface area contributed by atoms with Crippen molar-refractivity contribution in [1.82, 2.24) is 0 Å². The van der Waals surface area contributed by atoms with Crippen LogP contribution in [0.3, 0.4) is 0 Å². The Morgan fingerprint density at radius 2 is 1.34 bits per heavy atom. The maximum atomic E-state index is 12.8. The minimum atomic E-state index is -5.77. The molecular weight excluding hydrogens is 401 g/mol. The predicted molar refractivity (Wildman–Crippen MR) is 105 cm³/mol. The molecule has 0 unspecified atom stereocenters. The second-order valence-electron chi connectivity index (χ2n) is 6.57. The van der Waals surface area contributed by atoms with Crippen LogP contribution in [0.15, 0.2) is 72.8 Å². The van der Waals surface area contributed by atoms with Gasteiger partial charge in [-0.3, -0.25) is 0 Å². The Morgan fingerprint density at radius 3 is 2.03 bits per heavy atom. The highest BCUT2D eigenvalue weighted by Gasteiger charge is 2.48. The van der Waals surface area contributed by atoms with Crippen molar-refractivity contribution in [1.29, 1.82) is 0 Å². The molecule has 0 atom stereocenters. The third kappa shape index (κ3) is 3.65. The fourth-order valence-corrected chi connectivity index (χ4v) is 3.85. The van der Waals surface area contributed by atoms with Gasteiger partial charge in [0.15, 0.2) is 5.75 Å². The van der Waals surface area contributed by atoms with E-state index in [4.69, 9.17) is 0 Å². The van der Waals surface area contributed by atoms with Crippen LogP contribution in [0.4, 0.5) is 13.2 Å². The standard InChI is InChI=1S/C22H15F3O3S/c23-22(24,25)29(26,27)28-21-12-6-5-11-20(21)19-10-4-3-9-18(19)17-13-15-7-1-2-8-16(15)14-17/h1-13H,14H2. The van der Waals surface area contributed by atoms with Gasteiger partial charge in [-0.2, -0.15) is 21.6 Å². The fraction of sp³-hybridized carbons (Fsp3) is 0.0909. The second-order valence-corrected chi connectivity index (χ2v) is 8.11. The molecule has 0 aliphatic heterocycles. The average molecular weight is 416 g/mol. The zero-order valence-electron chi connectivity index (χ0n) is 15.0. The van der Waals surface area contributed by atoms with E-state index in [1.54, 1.807) is 24.3 Å². The summed E-state index contributed by atoms with van der Waals surface area (Å²) in [5, 5.41) is 0. The molecule has 0 bridgehead atoms. The maximum Gasteiger partial charge on any atom is 0.534 e. The van der Waals surface area contributed by atoms with Crippen molar-refractivity contribution in [2.75, 3.05) is 0 Å². The molecule has 0 saturated heterocycles. The van der Waals surface area contributed by atoms with Crippen molar-refractivity contribution in [3.63, 3.8) is 0 Å². The van der Waals surface area contributed by atoms with Crippen molar-refractivity contribution in [2.24, 2.45) is 0 Å². The van der Waals surface area contributed by atoms with Gasteiger partial charge in [0.05, 0.1) is 0 Å². The summed E-state index contributed by atoms with van der Waals surface area (Å²) in [6, 6.07) is 20.9. The van der Waals surface area contributed by atoms with Crippen molar-refractivity contribution in [3.05, 3.63) is 89.5 Å². The molecule has 3 nitrogen and oxygen atoms in total. The predicted octanol–water partition coefficient (Wildman–Crippen LogP) is 5.68. The normalized spacial score (nSPS) is 13.7. The molecule has 1 aliphatic carbocycles. The van der Waals surface area contributed by atoms with Crippen LogP contribution in [0.5, 0.6) is 5.75 Å². The zero-order valence-corrected chi connectivity index (χ0v) is 15.8. The van der Waals surface area contributed by atoms with Gasteiger partial charge < -0.3 is 4.18 Å². The molecule has 1 aliphatic rings. The van der Waals surface area contributed by atoms with E-state index in [9.17, 15) is 21.6 Å². The van der Waals surface area contributed by atoms with Crippen LogP contribution in [0.2, 0.25) is 0 Å². The molecule has 7 heteroatoms. The van der Waals surface area contributed by atoms with Gasteiger partial charge in [0.25, 0.3) is 0 Å². The fourth-order valence-electron chi connectivity index (χ4n) is 3.38. The van der Waals surface area contributed by atoms with E-state index in [-0.39, 0.29) is 11.3 Å². The van der Waals surface area contributed by atoms with Crippen LogP contribution in [0, 0.1) is 0 Å². The molecule has 29 heavy (non-hydrogen) atoms. The minimum absolute atomic E-state index is 0.271. The molecule has 3 aromatic carbocycles. The number of alkyl halides is 3. The molecule has 0 spiro atoms. The zero-order chi connectivity index (χ0) is 20.6. The Morgan fingerprint density at radius 1 is 0.759 bits per heavy atom. The molecule has 0 radical (unpaired) electrons. The molecular formula is C22H15F3O3S. The molecule has 148 valence electrons. The van der Waals surface area contributed by atoms with Gasteiger partial charge in [-0.25, -0.2) is 0 Å². The number of hydrogen-bond acceptors (Lipinski definition) is 3. The number of benzene rings is 3. The van der Waals surface area contributed by atoms with E-state index in [1.807, 2.05) is 42.5 Å². The summed E-state index contributed by atoms with van der Waals surface area (Å²) in [6.07, 6.45) is 2.71. The number of fused-ring (bicyclic) bond motifs is 1. The first-order chi connectivity index (χ1) is 13.8. The highest BCUT2D eigenvalue weighted by Crippen LogP contribution is 2.40. The van der Waals surface area contributed by atoms with E-state index in [0.29, 0.717) is 12.0 Å². The van der Waals surface area contributed by atoms with Crippen LogP contribution < -0.4 is 4.18 Å². The summed E-state index contributed by atoms with van der Waals surface area (Å²) in [5.41, 5.74) is -0.593. The first kappa shape index (κ1) is 19.3. The first-order valence-electron chi connectivity index (χ1n) is 8.74. The SMILES string of the molecule is O=S(=O)(Oc1ccccc1-c1ccccc1C1=Cc2ccccc2C1)C(F)(F)F. The van der Waals surface area contributed by atoms with Gasteiger partial charge in [-0.15, -0.1) is 0 Å². The molecule has 0 fully saturated rings. The van der Waals surface area contributed by atoms with E-state index < -0.39 is 15.6 Å². The van der Waals surface area contributed by atoms with Crippen molar-refractivity contribution >= 4 is 21.8 Å². The lowest BCUT2D eigenvalue weighted by Gasteiger charge is -2.16. The van der Waals surface area contributed by atoms with Gasteiger partial charge in [-0.05, 0) is 40.3 Å².